The van der Waals surface area contributed by atoms with Gasteiger partial charge in [0.1, 0.15) is 22.8 Å². The van der Waals surface area contributed by atoms with E-state index in [0.717, 1.165) is 0 Å². The molecule has 1 fully saturated rings. The van der Waals surface area contributed by atoms with Crippen LogP contribution < -0.4 is 10.6 Å². The summed E-state index contributed by atoms with van der Waals surface area (Å²) in [6.07, 6.45) is 3.02. The number of H-pyrrole nitrogens is 1. The minimum absolute atomic E-state index is 0.00564. The average molecular weight is 377 g/mol. The van der Waals surface area contributed by atoms with Gasteiger partial charge in [0.2, 0.25) is 0 Å². The van der Waals surface area contributed by atoms with E-state index in [-0.39, 0.29) is 11.6 Å². The predicted molar refractivity (Wildman–Crippen MR) is 97.5 cm³/mol. The van der Waals surface area contributed by atoms with Crippen LogP contribution in [0.3, 0.4) is 0 Å². The standard InChI is InChI=1S/C17H18ClFN6O/c18-13-10(2-1-3-11(13)19)14-15-16(24-23-14)22-12(8-21-15)25-6-4-17(20,9-26)5-7-25/h1-3,8,26H,4-7,9,20H2,(H,22,23,24). The number of aliphatic hydroxyl groups excluding tert-OH is 1. The van der Waals surface area contributed by atoms with E-state index in [2.05, 4.69) is 25.1 Å². The van der Waals surface area contributed by atoms with Crippen LogP contribution in [0.15, 0.2) is 24.4 Å². The number of nitrogens with zero attached hydrogens (tertiary/aromatic N) is 4. The molecule has 4 N–H and O–H groups in total. The van der Waals surface area contributed by atoms with Crippen molar-refractivity contribution < 1.29 is 9.50 Å². The van der Waals surface area contributed by atoms with E-state index in [1.54, 1.807) is 18.3 Å². The molecule has 2 aromatic heterocycles. The van der Waals surface area contributed by atoms with Gasteiger partial charge in [-0.05, 0) is 18.9 Å². The number of rotatable bonds is 3. The summed E-state index contributed by atoms with van der Waals surface area (Å²) in [6.45, 7) is 1.35. The summed E-state index contributed by atoms with van der Waals surface area (Å²) in [5, 5.41) is 16.4. The SMILES string of the molecule is NC1(CO)CCN(c2cnc3c(-c4cccc(F)c4Cl)n[nH]c3n2)CC1. The third-order valence-electron chi connectivity index (χ3n) is 4.86. The zero-order chi connectivity index (χ0) is 18.3. The first-order valence-corrected chi connectivity index (χ1v) is 8.69. The number of piperidine rings is 1. The highest BCUT2D eigenvalue weighted by molar-refractivity contribution is 6.33. The van der Waals surface area contributed by atoms with Crippen molar-refractivity contribution in [1.29, 1.82) is 0 Å². The predicted octanol–water partition coefficient (Wildman–Crippen LogP) is 2.10. The lowest BCUT2D eigenvalue weighted by Gasteiger charge is -2.38. The maximum absolute atomic E-state index is 13.7. The summed E-state index contributed by atoms with van der Waals surface area (Å²) >= 11 is 6.06. The summed E-state index contributed by atoms with van der Waals surface area (Å²) in [4.78, 5) is 11.1. The molecule has 0 bridgehead atoms. The van der Waals surface area contributed by atoms with Gasteiger partial charge in [0.25, 0.3) is 0 Å². The van der Waals surface area contributed by atoms with E-state index in [1.807, 2.05) is 0 Å². The molecule has 9 heteroatoms. The number of benzene rings is 1. The molecule has 3 heterocycles. The lowest BCUT2D eigenvalue weighted by atomic mass is 9.90. The Bertz CT molecular complexity index is 954. The minimum Gasteiger partial charge on any atom is -0.394 e. The molecule has 1 aliphatic rings. The van der Waals surface area contributed by atoms with E-state index in [0.29, 0.717) is 54.2 Å². The van der Waals surface area contributed by atoms with E-state index in [1.165, 1.54) is 6.07 Å². The van der Waals surface area contributed by atoms with Gasteiger partial charge in [-0.25, -0.2) is 14.4 Å². The number of nitrogens with two attached hydrogens (primary N) is 1. The molecule has 0 radical (unpaired) electrons. The molecule has 1 aromatic carbocycles. The fourth-order valence-electron chi connectivity index (χ4n) is 3.16. The molecular weight excluding hydrogens is 359 g/mol. The highest BCUT2D eigenvalue weighted by Gasteiger charge is 2.30. The summed E-state index contributed by atoms with van der Waals surface area (Å²) < 4.78 is 13.7. The van der Waals surface area contributed by atoms with Gasteiger partial charge in [-0.3, -0.25) is 5.10 Å². The summed E-state index contributed by atoms with van der Waals surface area (Å²) in [5.74, 6) is 0.199. The number of nitrogens with one attached hydrogen (secondary N) is 1. The third kappa shape index (κ3) is 2.90. The summed E-state index contributed by atoms with van der Waals surface area (Å²) in [5.41, 5.74) is 7.55. The second kappa shape index (κ2) is 6.46. The van der Waals surface area contributed by atoms with E-state index < -0.39 is 11.4 Å². The highest BCUT2D eigenvalue weighted by atomic mass is 35.5. The topological polar surface area (TPSA) is 104 Å². The first kappa shape index (κ1) is 17.1. The molecule has 4 rings (SSSR count). The zero-order valence-electron chi connectivity index (χ0n) is 13.9. The Hall–Kier alpha value is -2.29. The molecule has 3 aromatic rings. The quantitative estimate of drug-likeness (QED) is 0.646. The van der Waals surface area contributed by atoms with Crippen molar-refractivity contribution in [1.82, 2.24) is 20.2 Å². The van der Waals surface area contributed by atoms with Crippen molar-refractivity contribution in [2.75, 3.05) is 24.6 Å². The molecule has 0 unspecified atom stereocenters. The van der Waals surface area contributed by atoms with Gasteiger partial charge in [-0.15, -0.1) is 0 Å². The van der Waals surface area contributed by atoms with Crippen LogP contribution in [-0.4, -0.2) is 50.5 Å². The molecule has 136 valence electrons. The van der Waals surface area contributed by atoms with Crippen molar-refractivity contribution in [2.24, 2.45) is 5.73 Å². The number of anilines is 1. The van der Waals surface area contributed by atoms with Gasteiger partial charge in [0, 0.05) is 24.2 Å². The van der Waals surface area contributed by atoms with Crippen LogP contribution >= 0.6 is 11.6 Å². The molecular formula is C17H18ClFN6O. The summed E-state index contributed by atoms with van der Waals surface area (Å²) in [6, 6.07) is 4.56. The molecule has 0 amide bonds. The van der Waals surface area contributed by atoms with E-state index in [4.69, 9.17) is 17.3 Å². The van der Waals surface area contributed by atoms with Crippen LogP contribution in [0, 0.1) is 5.82 Å². The van der Waals surface area contributed by atoms with Crippen LogP contribution in [0.25, 0.3) is 22.4 Å². The van der Waals surface area contributed by atoms with Crippen LogP contribution in [-0.2, 0) is 0 Å². The normalized spacial score (nSPS) is 17.0. The van der Waals surface area contributed by atoms with Crippen molar-refractivity contribution in [3.63, 3.8) is 0 Å². The van der Waals surface area contributed by atoms with Gasteiger partial charge >= 0.3 is 0 Å². The number of aromatic amines is 1. The molecule has 0 atom stereocenters. The molecule has 0 aliphatic carbocycles. The second-order valence-electron chi connectivity index (χ2n) is 6.61. The number of hydrogen-bond acceptors (Lipinski definition) is 6. The number of aliphatic hydroxyl groups is 1. The number of fused-ring (bicyclic) bond motifs is 1. The van der Waals surface area contributed by atoms with Gasteiger partial charge in [0.05, 0.1) is 17.8 Å². The molecule has 0 spiro atoms. The van der Waals surface area contributed by atoms with Crippen LogP contribution in [0.1, 0.15) is 12.8 Å². The lowest BCUT2D eigenvalue weighted by Crippen LogP contribution is -2.53. The number of aromatic nitrogens is 4. The van der Waals surface area contributed by atoms with E-state index >= 15 is 0 Å². The first-order chi connectivity index (χ1) is 12.5. The smallest absolute Gasteiger partial charge is 0.177 e. The molecule has 26 heavy (non-hydrogen) atoms. The Balaban J connectivity index is 1.65. The first-order valence-electron chi connectivity index (χ1n) is 8.31. The van der Waals surface area contributed by atoms with Gasteiger partial charge in [-0.2, -0.15) is 5.10 Å². The Morgan fingerprint density at radius 2 is 2.12 bits per heavy atom. The third-order valence-corrected chi connectivity index (χ3v) is 5.25. The maximum Gasteiger partial charge on any atom is 0.177 e. The maximum atomic E-state index is 13.7. The highest BCUT2D eigenvalue weighted by Crippen LogP contribution is 2.32. The van der Waals surface area contributed by atoms with E-state index in [9.17, 15) is 9.50 Å². The number of hydrogen-bond donors (Lipinski definition) is 3. The zero-order valence-corrected chi connectivity index (χ0v) is 14.7. The minimum atomic E-state index is -0.524. The Morgan fingerprint density at radius 3 is 2.85 bits per heavy atom. The fraction of sp³-hybridized carbons (Fsp3) is 0.353. The molecule has 1 aliphatic heterocycles. The Morgan fingerprint density at radius 1 is 1.35 bits per heavy atom. The Kier molecular flexibility index (Phi) is 4.26. The monoisotopic (exact) mass is 376 g/mol. The van der Waals surface area contributed by atoms with Gasteiger partial charge in [0.15, 0.2) is 5.65 Å². The van der Waals surface area contributed by atoms with Crippen LogP contribution in [0.4, 0.5) is 10.2 Å². The second-order valence-corrected chi connectivity index (χ2v) is 6.98. The average Bonchev–Trinajstić information content (AvgIpc) is 3.07. The molecule has 1 saturated heterocycles. The van der Waals surface area contributed by atoms with Crippen molar-refractivity contribution in [2.45, 2.75) is 18.4 Å². The largest absolute Gasteiger partial charge is 0.394 e. The summed E-state index contributed by atoms with van der Waals surface area (Å²) in [7, 11) is 0. The molecule has 7 nitrogen and oxygen atoms in total. The van der Waals surface area contributed by atoms with Gasteiger partial charge in [-0.1, -0.05) is 23.7 Å². The van der Waals surface area contributed by atoms with Crippen molar-refractivity contribution in [3.05, 3.63) is 35.2 Å². The molecule has 0 saturated carbocycles. The van der Waals surface area contributed by atoms with Gasteiger partial charge < -0.3 is 15.7 Å². The Labute approximate surface area is 154 Å². The van der Waals surface area contributed by atoms with Crippen molar-refractivity contribution >= 4 is 28.6 Å². The lowest BCUT2D eigenvalue weighted by molar-refractivity contribution is 0.170. The van der Waals surface area contributed by atoms with Crippen LogP contribution in [0.5, 0.6) is 0 Å². The van der Waals surface area contributed by atoms with Crippen LogP contribution in [0.2, 0.25) is 5.02 Å². The number of halogens is 2. The van der Waals surface area contributed by atoms with Crippen molar-refractivity contribution in [3.8, 4) is 11.3 Å². The fourth-order valence-corrected chi connectivity index (χ4v) is 3.37.